The second-order valence-corrected chi connectivity index (χ2v) is 6.72. The monoisotopic (exact) mass is 332 g/mol. The van der Waals surface area contributed by atoms with Crippen molar-refractivity contribution in [1.82, 2.24) is 20.4 Å². The van der Waals surface area contributed by atoms with Gasteiger partial charge in [0.15, 0.2) is 0 Å². The Hall–Kier alpha value is -1.99. The summed E-state index contributed by atoms with van der Waals surface area (Å²) in [7, 11) is 0. The van der Waals surface area contributed by atoms with Gasteiger partial charge in [-0.15, -0.1) is 10.2 Å². The van der Waals surface area contributed by atoms with Gasteiger partial charge in [-0.25, -0.2) is 4.79 Å². The molecule has 2 aromatic rings. The molecule has 6 nitrogen and oxygen atoms in total. The lowest BCUT2D eigenvalue weighted by Gasteiger charge is -2.31. The van der Waals surface area contributed by atoms with Crippen LogP contribution in [0.3, 0.4) is 0 Å². The van der Waals surface area contributed by atoms with Crippen LogP contribution in [0.15, 0.2) is 30.3 Å². The van der Waals surface area contributed by atoms with Gasteiger partial charge in [-0.2, -0.15) is 0 Å². The lowest BCUT2D eigenvalue weighted by Crippen LogP contribution is -2.45. The van der Waals surface area contributed by atoms with Crippen LogP contribution < -0.4 is 5.32 Å². The summed E-state index contributed by atoms with van der Waals surface area (Å²) in [6.07, 6.45) is 1.92. The van der Waals surface area contributed by atoms with Crippen molar-refractivity contribution in [2.75, 3.05) is 19.7 Å². The Bertz CT molecular complexity index is 647. The zero-order valence-corrected chi connectivity index (χ0v) is 13.6. The van der Waals surface area contributed by atoms with E-state index in [1.807, 2.05) is 30.3 Å². The molecule has 0 saturated carbocycles. The highest BCUT2D eigenvalue weighted by atomic mass is 32.1. The fourth-order valence-electron chi connectivity index (χ4n) is 2.68. The molecule has 23 heavy (non-hydrogen) atoms. The fourth-order valence-corrected chi connectivity index (χ4v) is 3.47. The van der Waals surface area contributed by atoms with Crippen LogP contribution in [0.2, 0.25) is 0 Å². The van der Waals surface area contributed by atoms with E-state index in [1.54, 1.807) is 4.90 Å². The molecule has 1 saturated heterocycles. The van der Waals surface area contributed by atoms with Gasteiger partial charge < -0.3 is 15.3 Å². The molecule has 3 rings (SSSR count). The maximum atomic E-state index is 12.2. The lowest BCUT2D eigenvalue weighted by molar-refractivity contribution is 0.129. The van der Waals surface area contributed by atoms with E-state index in [1.165, 1.54) is 11.3 Å². The first kappa shape index (κ1) is 15.9. The number of rotatable bonds is 4. The first-order chi connectivity index (χ1) is 11.3. The molecule has 1 atom stereocenters. The molecule has 0 radical (unpaired) electrons. The number of carbonyl (C=O) groups is 1. The molecular formula is C16H20N4O2S. The van der Waals surface area contributed by atoms with E-state index in [2.05, 4.69) is 15.5 Å². The maximum Gasteiger partial charge on any atom is 0.317 e. The third-order valence-corrected chi connectivity index (χ3v) is 4.92. The molecule has 0 unspecified atom stereocenters. The molecule has 0 aliphatic carbocycles. The number of aliphatic hydroxyl groups excluding tert-OH is 1. The Morgan fingerprint density at radius 1 is 1.35 bits per heavy atom. The third-order valence-electron chi connectivity index (χ3n) is 3.94. The van der Waals surface area contributed by atoms with Crippen LogP contribution >= 0.6 is 11.3 Å². The largest absolute Gasteiger partial charge is 0.396 e. The predicted octanol–water partition coefficient (Wildman–Crippen LogP) is 2.12. The summed E-state index contributed by atoms with van der Waals surface area (Å²) in [5.74, 6) is 0.195. The van der Waals surface area contributed by atoms with Crippen LogP contribution in [0, 0.1) is 5.92 Å². The van der Waals surface area contributed by atoms with Gasteiger partial charge in [-0.05, 0) is 18.8 Å². The van der Waals surface area contributed by atoms with E-state index in [9.17, 15) is 9.90 Å². The normalized spacial score (nSPS) is 18.0. The van der Waals surface area contributed by atoms with Gasteiger partial charge in [0.2, 0.25) is 0 Å². The van der Waals surface area contributed by atoms with Crippen LogP contribution in [0.4, 0.5) is 4.79 Å². The molecule has 1 fully saturated rings. The van der Waals surface area contributed by atoms with E-state index >= 15 is 0 Å². The molecule has 0 bridgehead atoms. The van der Waals surface area contributed by atoms with Crippen LogP contribution in [0.25, 0.3) is 10.6 Å². The molecule has 2 heterocycles. The quantitative estimate of drug-likeness (QED) is 0.899. The van der Waals surface area contributed by atoms with Gasteiger partial charge in [-0.1, -0.05) is 41.7 Å². The first-order valence-electron chi connectivity index (χ1n) is 7.77. The van der Waals surface area contributed by atoms with E-state index < -0.39 is 0 Å². The van der Waals surface area contributed by atoms with Gasteiger partial charge in [0, 0.05) is 25.3 Å². The number of nitrogens with zero attached hydrogens (tertiary/aromatic N) is 3. The molecule has 0 spiro atoms. The standard InChI is InChI=1S/C16H20N4O2S/c21-11-12-5-4-8-20(10-12)16(22)17-9-14-18-19-15(23-14)13-6-2-1-3-7-13/h1-3,6-7,12,21H,4-5,8-11H2,(H,17,22)/t12-/m1/s1. The van der Waals surface area contributed by atoms with Crippen molar-refractivity contribution >= 4 is 17.4 Å². The topological polar surface area (TPSA) is 78.4 Å². The number of aliphatic hydroxyl groups is 1. The molecule has 122 valence electrons. The van der Waals surface area contributed by atoms with Gasteiger partial charge in [0.25, 0.3) is 0 Å². The number of likely N-dealkylation sites (tertiary alicyclic amines) is 1. The van der Waals surface area contributed by atoms with Crippen molar-refractivity contribution in [1.29, 1.82) is 0 Å². The summed E-state index contributed by atoms with van der Waals surface area (Å²) >= 11 is 1.48. The van der Waals surface area contributed by atoms with E-state index in [0.717, 1.165) is 35.0 Å². The number of hydrogen-bond donors (Lipinski definition) is 2. The summed E-state index contributed by atoms with van der Waals surface area (Å²) in [4.78, 5) is 14.0. The summed E-state index contributed by atoms with van der Waals surface area (Å²) in [5, 5.41) is 22.1. The van der Waals surface area contributed by atoms with Crippen LogP contribution in [-0.2, 0) is 6.54 Å². The number of piperidine rings is 1. The minimum absolute atomic E-state index is 0.0976. The average Bonchev–Trinajstić information content (AvgIpc) is 3.09. The predicted molar refractivity (Wildman–Crippen MR) is 89.0 cm³/mol. The summed E-state index contributed by atoms with van der Waals surface area (Å²) < 4.78 is 0. The van der Waals surface area contributed by atoms with Gasteiger partial charge in [0.1, 0.15) is 10.0 Å². The molecule has 1 aromatic carbocycles. The zero-order valence-electron chi connectivity index (χ0n) is 12.8. The van der Waals surface area contributed by atoms with Crippen LogP contribution in [0.5, 0.6) is 0 Å². The number of nitrogens with one attached hydrogen (secondary N) is 1. The molecular weight excluding hydrogens is 312 g/mol. The van der Waals surface area contributed by atoms with Crippen molar-refractivity contribution in [2.45, 2.75) is 19.4 Å². The Labute approximate surface area is 139 Å². The summed E-state index contributed by atoms with van der Waals surface area (Å²) in [6, 6.07) is 9.78. The minimum atomic E-state index is -0.0976. The Morgan fingerprint density at radius 3 is 2.96 bits per heavy atom. The Morgan fingerprint density at radius 2 is 2.17 bits per heavy atom. The highest BCUT2D eigenvalue weighted by Gasteiger charge is 2.23. The van der Waals surface area contributed by atoms with Crippen molar-refractivity contribution in [3.8, 4) is 10.6 Å². The van der Waals surface area contributed by atoms with E-state index in [-0.39, 0.29) is 18.6 Å². The number of aromatic nitrogens is 2. The minimum Gasteiger partial charge on any atom is -0.396 e. The number of benzene rings is 1. The molecule has 7 heteroatoms. The Balaban J connectivity index is 1.54. The number of hydrogen-bond acceptors (Lipinski definition) is 5. The van der Waals surface area contributed by atoms with Gasteiger partial charge >= 0.3 is 6.03 Å². The summed E-state index contributed by atoms with van der Waals surface area (Å²) in [6.45, 7) is 1.88. The van der Waals surface area contributed by atoms with Crippen molar-refractivity contribution in [2.24, 2.45) is 5.92 Å². The number of urea groups is 1. The van der Waals surface area contributed by atoms with Crippen LogP contribution in [-0.4, -0.2) is 45.9 Å². The molecule has 1 aliphatic rings. The smallest absolute Gasteiger partial charge is 0.317 e. The molecule has 1 aromatic heterocycles. The average molecular weight is 332 g/mol. The van der Waals surface area contributed by atoms with Crippen molar-refractivity contribution in [3.63, 3.8) is 0 Å². The second kappa shape index (κ2) is 7.52. The van der Waals surface area contributed by atoms with Crippen LogP contribution in [0.1, 0.15) is 17.8 Å². The van der Waals surface area contributed by atoms with Gasteiger partial charge in [-0.3, -0.25) is 0 Å². The Kier molecular flexibility index (Phi) is 5.19. The number of amides is 2. The second-order valence-electron chi connectivity index (χ2n) is 5.66. The number of carbonyl (C=O) groups excluding carboxylic acids is 1. The lowest BCUT2D eigenvalue weighted by atomic mass is 9.99. The fraction of sp³-hybridized carbons (Fsp3) is 0.438. The highest BCUT2D eigenvalue weighted by molar-refractivity contribution is 7.14. The van der Waals surface area contributed by atoms with Crippen molar-refractivity contribution < 1.29 is 9.90 Å². The first-order valence-corrected chi connectivity index (χ1v) is 8.59. The van der Waals surface area contributed by atoms with Gasteiger partial charge in [0.05, 0.1) is 6.54 Å². The summed E-state index contributed by atoms with van der Waals surface area (Å²) in [5.41, 5.74) is 1.03. The zero-order chi connectivity index (χ0) is 16.1. The third kappa shape index (κ3) is 4.05. The SMILES string of the molecule is O=C(NCc1nnc(-c2ccccc2)s1)N1CCC[C@@H](CO)C1. The molecule has 1 aliphatic heterocycles. The highest BCUT2D eigenvalue weighted by Crippen LogP contribution is 2.23. The molecule has 2 N–H and O–H groups in total. The maximum absolute atomic E-state index is 12.2. The molecule has 2 amide bonds. The van der Waals surface area contributed by atoms with Crippen molar-refractivity contribution in [3.05, 3.63) is 35.3 Å². The van der Waals surface area contributed by atoms with E-state index in [4.69, 9.17) is 0 Å². The van der Waals surface area contributed by atoms with E-state index in [0.29, 0.717) is 13.1 Å².